The minimum absolute atomic E-state index is 0.116. The monoisotopic (exact) mass is 689 g/mol. The van der Waals surface area contributed by atoms with Gasteiger partial charge >= 0.3 is 0 Å². The van der Waals surface area contributed by atoms with Crippen LogP contribution in [0.5, 0.6) is 0 Å². The zero-order chi connectivity index (χ0) is 36.0. The smallest absolute Gasteiger partial charge is 0.160 e. The zero-order valence-electron chi connectivity index (χ0n) is 30.1. The third kappa shape index (κ3) is 4.55. The molecule has 1 aliphatic rings. The number of benzene rings is 8. The fourth-order valence-electron chi connectivity index (χ4n) is 8.95. The van der Waals surface area contributed by atoms with Crippen LogP contribution < -0.4 is 0 Å². The van der Waals surface area contributed by atoms with E-state index in [4.69, 9.17) is 9.97 Å². The second-order valence-corrected chi connectivity index (χ2v) is 15.0. The van der Waals surface area contributed by atoms with E-state index >= 15 is 0 Å². The molecule has 2 heterocycles. The summed E-state index contributed by atoms with van der Waals surface area (Å²) in [7, 11) is 0. The molecule has 0 bridgehead atoms. The molecule has 0 saturated heterocycles. The van der Waals surface area contributed by atoms with Gasteiger partial charge in [-0.15, -0.1) is 0 Å². The Morgan fingerprint density at radius 1 is 0.426 bits per heavy atom. The molecule has 11 rings (SSSR count). The van der Waals surface area contributed by atoms with Crippen molar-refractivity contribution in [2.24, 2.45) is 0 Å². The second kappa shape index (κ2) is 11.6. The van der Waals surface area contributed by atoms with E-state index in [1.807, 2.05) is 6.07 Å². The average Bonchev–Trinajstić information content (AvgIpc) is 3.70. The van der Waals surface area contributed by atoms with Crippen molar-refractivity contribution in [3.8, 4) is 50.7 Å². The topological polar surface area (TPSA) is 30.7 Å². The van der Waals surface area contributed by atoms with Gasteiger partial charge in [-0.3, -0.25) is 0 Å². The third-order valence-electron chi connectivity index (χ3n) is 11.6. The highest BCUT2D eigenvalue weighted by Crippen LogP contribution is 2.49. The average molecular weight is 690 g/mol. The molecule has 0 atom stereocenters. The number of fused-ring (bicyclic) bond motifs is 10. The molecule has 0 aliphatic heterocycles. The first-order chi connectivity index (χ1) is 26.5. The van der Waals surface area contributed by atoms with Gasteiger partial charge in [0.2, 0.25) is 0 Å². The molecule has 0 N–H and O–H groups in total. The number of rotatable bonds is 4. The Bertz CT molecular complexity index is 3040. The molecular weight excluding hydrogens is 655 g/mol. The molecule has 3 heteroatoms. The standard InChI is InChI=1S/C51H35N3/c1-51(2)42-22-11-10-21-40(42)41-26-23-36(30-43(41)51)50-52-44(34-15-4-3-5-16-34)31-45(53-50)35-17-12-18-37(29-35)54-46-27-24-32-13-6-8-19-38(32)48(46)49-39-20-9-7-14-33(39)25-28-47(49)54/h3-31H,1-2H3. The number of aromatic nitrogens is 3. The quantitative estimate of drug-likeness (QED) is 0.184. The summed E-state index contributed by atoms with van der Waals surface area (Å²) < 4.78 is 2.42. The SMILES string of the molecule is CC1(C)c2ccccc2-c2ccc(-c3nc(-c4ccccc4)cc(-c4cccc(-n5c6ccc7ccccc7c6c6c7ccccc7ccc65)c4)n3)cc21. The van der Waals surface area contributed by atoms with Gasteiger partial charge in [0.15, 0.2) is 5.82 Å². The van der Waals surface area contributed by atoms with Gasteiger partial charge in [0.25, 0.3) is 0 Å². The molecule has 1 aliphatic carbocycles. The van der Waals surface area contributed by atoms with Gasteiger partial charge in [0.1, 0.15) is 0 Å². The van der Waals surface area contributed by atoms with E-state index in [0.717, 1.165) is 39.6 Å². The molecular formula is C51H35N3. The molecule has 0 unspecified atom stereocenters. The maximum Gasteiger partial charge on any atom is 0.160 e. The van der Waals surface area contributed by atoms with Crippen molar-refractivity contribution < 1.29 is 0 Å². The van der Waals surface area contributed by atoms with Crippen molar-refractivity contribution in [1.29, 1.82) is 0 Å². The van der Waals surface area contributed by atoms with E-state index in [1.165, 1.54) is 65.6 Å². The zero-order valence-corrected chi connectivity index (χ0v) is 30.1. The molecule has 0 saturated carbocycles. The Morgan fingerprint density at radius 3 is 1.74 bits per heavy atom. The summed E-state index contributed by atoms with van der Waals surface area (Å²) in [5.41, 5.74) is 13.5. The number of hydrogen-bond acceptors (Lipinski definition) is 2. The van der Waals surface area contributed by atoms with Crippen molar-refractivity contribution in [2.45, 2.75) is 19.3 Å². The van der Waals surface area contributed by atoms with Crippen LogP contribution in [0.3, 0.4) is 0 Å². The lowest BCUT2D eigenvalue weighted by Gasteiger charge is -2.21. The molecule has 0 spiro atoms. The Kier molecular flexibility index (Phi) is 6.60. The fourth-order valence-corrected chi connectivity index (χ4v) is 8.95. The first kappa shape index (κ1) is 30.8. The maximum absolute atomic E-state index is 5.33. The highest BCUT2D eigenvalue weighted by atomic mass is 15.0. The van der Waals surface area contributed by atoms with Crippen LogP contribution in [0.1, 0.15) is 25.0 Å². The number of hydrogen-bond donors (Lipinski definition) is 0. The first-order valence-electron chi connectivity index (χ1n) is 18.7. The van der Waals surface area contributed by atoms with Gasteiger partial charge in [-0.05, 0) is 80.2 Å². The molecule has 254 valence electrons. The first-order valence-corrected chi connectivity index (χ1v) is 18.7. The van der Waals surface area contributed by atoms with Crippen molar-refractivity contribution >= 4 is 43.4 Å². The van der Waals surface area contributed by atoms with E-state index < -0.39 is 0 Å². The van der Waals surface area contributed by atoms with E-state index in [9.17, 15) is 0 Å². The summed E-state index contributed by atoms with van der Waals surface area (Å²) in [4.78, 5) is 10.5. The van der Waals surface area contributed by atoms with Crippen LogP contribution in [-0.4, -0.2) is 14.5 Å². The Morgan fingerprint density at radius 2 is 1.02 bits per heavy atom. The fraction of sp³-hybridized carbons (Fsp3) is 0.0588. The van der Waals surface area contributed by atoms with Crippen LogP contribution in [0, 0.1) is 0 Å². The van der Waals surface area contributed by atoms with E-state index in [0.29, 0.717) is 0 Å². The minimum Gasteiger partial charge on any atom is -0.309 e. The summed E-state index contributed by atoms with van der Waals surface area (Å²) in [6.45, 7) is 4.64. The Hall–Kier alpha value is -6.84. The van der Waals surface area contributed by atoms with Gasteiger partial charge in [0, 0.05) is 38.6 Å². The van der Waals surface area contributed by atoms with Crippen molar-refractivity contribution in [3.63, 3.8) is 0 Å². The van der Waals surface area contributed by atoms with Crippen molar-refractivity contribution in [1.82, 2.24) is 14.5 Å². The van der Waals surface area contributed by atoms with Gasteiger partial charge in [-0.25, -0.2) is 9.97 Å². The largest absolute Gasteiger partial charge is 0.309 e. The Labute approximate surface area is 313 Å². The van der Waals surface area contributed by atoms with Gasteiger partial charge in [-0.1, -0.05) is 153 Å². The summed E-state index contributed by atoms with van der Waals surface area (Å²) >= 11 is 0. The van der Waals surface area contributed by atoms with Crippen molar-refractivity contribution in [3.05, 3.63) is 187 Å². The molecule has 0 fully saturated rings. The van der Waals surface area contributed by atoms with Gasteiger partial charge in [-0.2, -0.15) is 0 Å². The van der Waals surface area contributed by atoms with Crippen LogP contribution in [0.15, 0.2) is 176 Å². The van der Waals surface area contributed by atoms with E-state index in [2.05, 4.69) is 188 Å². The van der Waals surface area contributed by atoms with E-state index in [-0.39, 0.29) is 5.41 Å². The molecule has 3 nitrogen and oxygen atoms in total. The third-order valence-corrected chi connectivity index (χ3v) is 11.6. The van der Waals surface area contributed by atoms with Crippen LogP contribution in [0.2, 0.25) is 0 Å². The predicted molar refractivity (Wildman–Crippen MR) is 225 cm³/mol. The highest BCUT2D eigenvalue weighted by Gasteiger charge is 2.35. The Balaban J connectivity index is 1.12. The van der Waals surface area contributed by atoms with Crippen LogP contribution in [-0.2, 0) is 5.41 Å². The molecule has 0 radical (unpaired) electrons. The number of nitrogens with zero attached hydrogens (tertiary/aromatic N) is 3. The lowest BCUT2D eigenvalue weighted by molar-refractivity contribution is 0.660. The van der Waals surface area contributed by atoms with Crippen LogP contribution in [0.25, 0.3) is 94.1 Å². The summed E-state index contributed by atoms with van der Waals surface area (Å²) in [5.74, 6) is 0.723. The van der Waals surface area contributed by atoms with Crippen LogP contribution >= 0.6 is 0 Å². The molecule has 0 amide bonds. The molecule has 8 aromatic carbocycles. The highest BCUT2D eigenvalue weighted by molar-refractivity contribution is 6.28. The normalized spacial score (nSPS) is 13.1. The van der Waals surface area contributed by atoms with Crippen LogP contribution in [0.4, 0.5) is 0 Å². The predicted octanol–water partition coefficient (Wildman–Crippen LogP) is 13.2. The lowest BCUT2D eigenvalue weighted by Crippen LogP contribution is -2.15. The van der Waals surface area contributed by atoms with E-state index in [1.54, 1.807) is 0 Å². The summed E-state index contributed by atoms with van der Waals surface area (Å²) in [5, 5.41) is 7.57. The van der Waals surface area contributed by atoms with Crippen molar-refractivity contribution in [2.75, 3.05) is 0 Å². The molecule has 2 aromatic heterocycles. The summed E-state index contributed by atoms with van der Waals surface area (Å²) in [6, 6.07) is 63.5. The van der Waals surface area contributed by atoms with Gasteiger partial charge < -0.3 is 4.57 Å². The van der Waals surface area contributed by atoms with Gasteiger partial charge in [0.05, 0.1) is 22.4 Å². The molecule has 54 heavy (non-hydrogen) atoms. The minimum atomic E-state index is -0.116. The maximum atomic E-state index is 5.33. The second-order valence-electron chi connectivity index (χ2n) is 15.0. The molecule has 10 aromatic rings. The summed E-state index contributed by atoms with van der Waals surface area (Å²) in [6.07, 6.45) is 0. The lowest BCUT2D eigenvalue weighted by atomic mass is 9.82.